The lowest BCUT2D eigenvalue weighted by Crippen LogP contribution is -2.53. The van der Waals surface area contributed by atoms with Gasteiger partial charge in [-0.25, -0.2) is 0 Å². The second kappa shape index (κ2) is 13.6. The van der Waals surface area contributed by atoms with Crippen LogP contribution in [-0.2, 0) is 4.74 Å². The van der Waals surface area contributed by atoms with E-state index in [1.54, 1.807) is 0 Å². The van der Waals surface area contributed by atoms with Crippen LogP contribution in [0.2, 0.25) is 0 Å². The molecule has 3 aliphatic rings. The van der Waals surface area contributed by atoms with Crippen LogP contribution >= 0.6 is 11.6 Å². The van der Waals surface area contributed by atoms with Crippen molar-refractivity contribution in [1.82, 2.24) is 4.90 Å². The summed E-state index contributed by atoms with van der Waals surface area (Å²) in [5, 5.41) is 10.7. The first-order valence-corrected chi connectivity index (χ1v) is 14.2. The quantitative estimate of drug-likeness (QED) is 0.314. The maximum Gasteiger partial charge on any atom is 0.0836 e. The monoisotopic (exact) mass is 492 g/mol. The number of rotatable bonds is 13. The molecule has 0 aromatic rings. The van der Waals surface area contributed by atoms with Crippen molar-refractivity contribution in [2.45, 2.75) is 96.5 Å². The van der Waals surface area contributed by atoms with Crippen molar-refractivity contribution in [2.75, 3.05) is 19.6 Å². The largest absolute Gasteiger partial charge is 0.389 e. The molecule has 5 heteroatoms. The van der Waals surface area contributed by atoms with Gasteiger partial charge in [-0.3, -0.25) is 4.90 Å². The molecule has 3 N–H and O–H groups in total. The van der Waals surface area contributed by atoms with E-state index < -0.39 is 0 Å². The molecule has 0 aromatic heterocycles. The molecule has 0 saturated carbocycles. The molecule has 7 unspecified atom stereocenters. The normalized spacial score (nSPS) is 31.6. The molecule has 0 bridgehead atoms. The third kappa shape index (κ3) is 7.43. The minimum atomic E-state index is -0.303. The van der Waals surface area contributed by atoms with E-state index in [1.807, 2.05) is 6.08 Å². The van der Waals surface area contributed by atoms with Crippen molar-refractivity contribution in [1.29, 1.82) is 0 Å². The van der Waals surface area contributed by atoms with Crippen LogP contribution < -0.4 is 5.73 Å². The summed E-state index contributed by atoms with van der Waals surface area (Å²) < 4.78 is 6.39. The molecule has 0 aromatic carbocycles. The highest BCUT2D eigenvalue weighted by atomic mass is 35.5. The Hall–Kier alpha value is -0.650. The average molecular weight is 493 g/mol. The molecule has 1 aliphatic heterocycles. The van der Waals surface area contributed by atoms with Gasteiger partial charge < -0.3 is 15.6 Å². The lowest BCUT2D eigenvalue weighted by molar-refractivity contribution is -0.0823. The molecule has 1 heterocycles. The molecule has 194 valence electrons. The molecule has 4 nitrogen and oxygen atoms in total. The predicted octanol–water partition coefficient (Wildman–Crippen LogP) is 5.90. The number of nitrogens with two attached hydrogens (primary N) is 1. The number of likely N-dealkylation sites (tertiary alicyclic amines) is 1. The molecule has 1 fully saturated rings. The van der Waals surface area contributed by atoms with Crippen LogP contribution in [0.25, 0.3) is 0 Å². The second-order valence-electron chi connectivity index (χ2n) is 11.1. The van der Waals surface area contributed by atoms with E-state index in [-0.39, 0.29) is 24.2 Å². The Labute approximate surface area is 213 Å². The summed E-state index contributed by atoms with van der Waals surface area (Å²) in [6.45, 7) is 14.2. The number of allylic oxidation sites excluding steroid dienone is 2. The van der Waals surface area contributed by atoms with Gasteiger partial charge in [-0.15, -0.1) is 0 Å². The summed E-state index contributed by atoms with van der Waals surface area (Å²) in [6, 6.07) is -0.0202. The van der Waals surface area contributed by atoms with Crippen molar-refractivity contribution in [3.05, 3.63) is 35.9 Å². The zero-order valence-electron chi connectivity index (χ0n) is 21.7. The smallest absolute Gasteiger partial charge is 0.0836 e. The van der Waals surface area contributed by atoms with Gasteiger partial charge in [-0.05, 0) is 68.7 Å². The van der Waals surface area contributed by atoms with Gasteiger partial charge in [0.15, 0.2) is 0 Å². The number of ether oxygens (including phenoxy) is 1. The molecule has 34 heavy (non-hydrogen) atoms. The van der Waals surface area contributed by atoms with Crippen LogP contribution in [0.3, 0.4) is 0 Å². The maximum absolute atomic E-state index is 9.97. The molecule has 2 aliphatic carbocycles. The minimum Gasteiger partial charge on any atom is -0.389 e. The summed E-state index contributed by atoms with van der Waals surface area (Å²) in [4.78, 5) is 2.47. The van der Waals surface area contributed by atoms with Crippen LogP contribution in [0.5, 0.6) is 0 Å². The third-order valence-electron chi connectivity index (χ3n) is 8.52. The topological polar surface area (TPSA) is 58.7 Å². The summed E-state index contributed by atoms with van der Waals surface area (Å²) in [7, 11) is 0. The predicted molar refractivity (Wildman–Crippen MR) is 144 cm³/mol. The van der Waals surface area contributed by atoms with Crippen LogP contribution in [-0.4, -0.2) is 54.0 Å². The van der Waals surface area contributed by atoms with E-state index in [4.69, 9.17) is 22.1 Å². The molecule has 0 radical (unpaired) electrons. The van der Waals surface area contributed by atoms with Gasteiger partial charge in [-0.2, -0.15) is 0 Å². The van der Waals surface area contributed by atoms with Gasteiger partial charge in [0.1, 0.15) is 0 Å². The van der Waals surface area contributed by atoms with E-state index in [0.29, 0.717) is 34.8 Å². The second-order valence-corrected chi connectivity index (χ2v) is 11.6. The molecule has 1 saturated heterocycles. The Morgan fingerprint density at radius 1 is 1.09 bits per heavy atom. The van der Waals surface area contributed by atoms with Gasteiger partial charge in [0.05, 0.1) is 18.3 Å². The SMILES string of the molecule is C=C(Cl)C(CCCC)C(N)C(C1C=C[C@@H](OC2CN(CCC)C2)CC1)C(C)C1C=CC(O)CC1. The zero-order chi connectivity index (χ0) is 24.7. The van der Waals surface area contributed by atoms with Crippen LogP contribution in [0.15, 0.2) is 35.9 Å². The van der Waals surface area contributed by atoms with Crippen LogP contribution in [0.4, 0.5) is 0 Å². The average Bonchev–Trinajstić information content (AvgIpc) is 2.79. The first kappa shape index (κ1) is 27.9. The molecule has 8 atom stereocenters. The van der Waals surface area contributed by atoms with Crippen molar-refractivity contribution in [2.24, 2.45) is 35.3 Å². The van der Waals surface area contributed by atoms with Gasteiger partial charge in [-0.1, -0.05) is 76.1 Å². The number of hydrogen-bond donors (Lipinski definition) is 2. The highest BCUT2D eigenvalue weighted by Crippen LogP contribution is 2.42. The Bertz CT molecular complexity index is 690. The van der Waals surface area contributed by atoms with E-state index in [0.717, 1.165) is 58.0 Å². The molecular formula is C29H49ClN2O2. The highest BCUT2D eigenvalue weighted by Gasteiger charge is 2.40. The van der Waals surface area contributed by atoms with E-state index in [2.05, 4.69) is 50.5 Å². The summed E-state index contributed by atoms with van der Waals surface area (Å²) >= 11 is 6.54. The first-order chi connectivity index (χ1) is 16.3. The summed E-state index contributed by atoms with van der Waals surface area (Å²) in [6.07, 6.45) is 17.7. The minimum absolute atomic E-state index is 0.0202. The summed E-state index contributed by atoms with van der Waals surface area (Å²) in [5.41, 5.74) is 7.07. The van der Waals surface area contributed by atoms with E-state index in [9.17, 15) is 5.11 Å². The Balaban J connectivity index is 1.70. The highest BCUT2D eigenvalue weighted by molar-refractivity contribution is 6.29. The van der Waals surface area contributed by atoms with E-state index >= 15 is 0 Å². The number of aliphatic hydroxyl groups is 1. The van der Waals surface area contributed by atoms with Crippen molar-refractivity contribution in [3.63, 3.8) is 0 Å². The number of halogens is 1. The van der Waals surface area contributed by atoms with E-state index in [1.165, 1.54) is 13.0 Å². The Morgan fingerprint density at radius 2 is 1.79 bits per heavy atom. The zero-order valence-corrected chi connectivity index (χ0v) is 22.5. The Kier molecular flexibility index (Phi) is 11.2. The molecule has 0 spiro atoms. The van der Waals surface area contributed by atoms with Gasteiger partial charge in [0.2, 0.25) is 0 Å². The van der Waals surface area contributed by atoms with Crippen molar-refractivity contribution < 1.29 is 9.84 Å². The van der Waals surface area contributed by atoms with Crippen LogP contribution in [0.1, 0.15) is 72.1 Å². The number of aliphatic hydroxyl groups excluding tert-OH is 1. The lowest BCUT2D eigenvalue weighted by atomic mass is 9.65. The number of nitrogens with zero attached hydrogens (tertiary/aromatic N) is 1. The number of unbranched alkanes of at least 4 members (excludes halogenated alkanes) is 1. The number of hydrogen-bond acceptors (Lipinski definition) is 4. The van der Waals surface area contributed by atoms with Gasteiger partial charge >= 0.3 is 0 Å². The third-order valence-corrected chi connectivity index (χ3v) is 8.80. The maximum atomic E-state index is 9.97. The van der Waals surface area contributed by atoms with Crippen molar-refractivity contribution >= 4 is 11.6 Å². The fraction of sp³-hybridized carbons (Fsp3) is 0.793. The first-order valence-electron chi connectivity index (χ1n) is 13.9. The Morgan fingerprint density at radius 3 is 2.35 bits per heavy atom. The van der Waals surface area contributed by atoms with Crippen molar-refractivity contribution in [3.8, 4) is 0 Å². The molecular weight excluding hydrogens is 444 g/mol. The fourth-order valence-electron chi connectivity index (χ4n) is 6.43. The molecule has 0 amide bonds. The molecule has 3 rings (SSSR count). The fourth-order valence-corrected chi connectivity index (χ4v) is 6.69. The lowest BCUT2D eigenvalue weighted by Gasteiger charge is -2.44. The standard InChI is InChI=1S/C29H49ClN2O2/c1-5-7-8-27(21(4)30)29(31)28(20(3)22-9-13-24(33)14-10-22)23-11-15-25(16-12-23)34-26-18-32(19-26)17-6-2/h9,11,13,15,20,22-29,33H,4-8,10,12,14,16-19,31H2,1-3H3/t20?,22?,23?,24?,25-,27?,28?,29?/m1/s1. The summed E-state index contributed by atoms with van der Waals surface area (Å²) in [5.74, 6) is 1.73. The van der Waals surface area contributed by atoms with Gasteiger partial charge in [0.25, 0.3) is 0 Å². The van der Waals surface area contributed by atoms with Gasteiger partial charge in [0, 0.05) is 30.1 Å². The van der Waals surface area contributed by atoms with Crippen LogP contribution in [0, 0.1) is 29.6 Å².